The van der Waals surface area contributed by atoms with Gasteiger partial charge >= 0.3 is 5.97 Å². The number of fused-ring (bicyclic) bond motifs is 1. The molecule has 0 unspecified atom stereocenters. The number of hydrogen-bond donors (Lipinski definition) is 0. The molecular weight excluding hydrogens is 431 g/mol. The van der Waals surface area contributed by atoms with Gasteiger partial charge in [0.2, 0.25) is 11.5 Å². The summed E-state index contributed by atoms with van der Waals surface area (Å²) in [7, 11) is 4.33. The van der Waals surface area contributed by atoms with Crippen LogP contribution >= 0.6 is 0 Å². The SMILES string of the molecule is COc1cc(C(=O)Oc2ccc3c(c2)O/C(=C\c2ccccc2F)C3=O)cc(OC)c1OC. The lowest BCUT2D eigenvalue weighted by molar-refractivity contribution is 0.0733. The molecule has 0 atom stereocenters. The van der Waals surface area contributed by atoms with E-state index >= 15 is 0 Å². The molecule has 0 saturated heterocycles. The standard InChI is InChI=1S/C25H19FO7/c1-29-21-11-15(12-22(30-2)24(21)31-3)25(28)32-16-8-9-17-19(13-16)33-20(23(17)27)10-14-6-4-5-7-18(14)26/h4-13H,1-3H3/b20-10-. The lowest BCUT2D eigenvalue weighted by Gasteiger charge is -2.13. The van der Waals surface area contributed by atoms with Gasteiger partial charge in [0, 0.05) is 11.6 Å². The first-order valence-electron chi connectivity index (χ1n) is 9.80. The van der Waals surface area contributed by atoms with E-state index in [4.69, 9.17) is 23.7 Å². The monoisotopic (exact) mass is 450 g/mol. The van der Waals surface area contributed by atoms with Gasteiger partial charge in [-0.05, 0) is 36.4 Å². The van der Waals surface area contributed by atoms with Gasteiger partial charge < -0.3 is 23.7 Å². The maximum Gasteiger partial charge on any atom is 0.343 e. The van der Waals surface area contributed by atoms with E-state index in [1.807, 2.05) is 0 Å². The molecule has 0 spiro atoms. The van der Waals surface area contributed by atoms with Crippen LogP contribution in [0.5, 0.6) is 28.7 Å². The fraction of sp³-hybridized carbons (Fsp3) is 0.120. The first-order valence-corrected chi connectivity index (χ1v) is 9.80. The third-order valence-corrected chi connectivity index (χ3v) is 4.94. The van der Waals surface area contributed by atoms with Gasteiger partial charge in [-0.2, -0.15) is 0 Å². The minimum Gasteiger partial charge on any atom is -0.493 e. The van der Waals surface area contributed by atoms with E-state index in [-0.39, 0.29) is 33.9 Å². The molecule has 3 aromatic carbocycles. The molecule has 7 nitrogen and oxygen atoms in total. The number of carbonyl (C=O) groups excluding carboxylic acids is 2. The van der Waals surface area contributed by atoms with Crippen LogP contribution in [0.4, 0.5) is 4.39 Å². The summed E-state index contributed by atoms with van der Waals surface area (Å²) in [6.07, 6.45) is 1.33. The summed E-state index contributed by atoms with van der Waals surface area (Å²) >= 11 is 0. The van der Waals surface area contributed by atoms with Gasteiger partial charge in [-0.25, -0.2) is 9.18 Å². The molecule has 0 fully saturated rings. The molecule has 4 rings (SSSR count). The molecule has 8 heteroatoms. The van der Waals surface area contributed by atoms with E-state index in [1.165, 1.54) is 69.9 Å². The van der Waals surface area contributed by atoms with Crippen LogP contribution in [0, 0.1) is 5.82 Å². The average molecular weight is 450 g/mol. The number of esters is 1. The summed E-state index contributed by atoms with van der Waals surface area (Å²) in [5.74, 6) is -0.262. The van der Waals surface area contributed by atoms with Crippen molar-refractivity contribution in [2.24, 2.45) is 0 Å². The van der Waals surface area contributed by atoms with Gasteiger partial charge in [-0.1, -0.05) is 18.2 Å². The van der Waals surface area contributed by atoms with Crippen LogP contribution in [0.2, 0.25) is 0 Å². The summed E-state index contributed by atoms with van der Waals surface area (Å²) in [4.78, 5) is 25.3. The minimum absolute atomic E-state index is 0.0248. The highest BCUT2D eigenvalue weighted by atomic mass is 19.1. The molecule has 1 heterocycles. The zero-order valence-electron chi connectivity index (χ0n) is 18.0. The molecule has 0 radical (unpaired) electrons. The molecule has 0 saturated carbocycles. The largest absolute Gasteiger partial charge is 0.493 e. The van der Waals surface area contributed by atoms with Gasteiger partial charge in [0.05, 0.1) is 32.5 Å². The van der Waals surface area contributed by atoms with Gasteiger partial charge in [-0.3, -0.25) is 4.79 Å². The first kappa shape index (κ1) is 21.9. The Morgan fingerprint density at radius 3 is 2.27 bits per heavy atom. The van der Waals surface area contributed by atoms with Crippen LogP contribution in [0.25, 0.3) is 6.08 Å². The zero-order chi connectivity index (χ0) is 23.5. The second-order valence-electron chi connectivity index (χ2n) is 6.92. The van der Waals surface area contributed by atoms with Crippen molar-refractivity contribution in [1.82, 2.24) is 0 Å². The Morgan fingerprint density at radius 1 is 0.939 bits per heavy atom. The topological polar surface area (TPSA) is 80.3 Å². The van der Waals surface area contributed by atoms with Crippen LogP contribution in [-0.4, -0.2) is 33.1 Å². The van der Waals surface area contributed by atoms with Gasteiger partial charge in [-0.15, -0.1) is 0 Å². The summed E-state index contributed by atoms with van der Waals surface area (Å²) in [6, 6.07) is 13.3. The quantitative estimate of drug-likeness (QED) is 0.306. The third kappa shape index (κ3) is 4.23. The summed E-state index contributed by atoms with van der Waals surface area (Å²) in [5, 5.41) is 0. The van der Waals surface area contributed by atoms with Crippen molar-refractivity contribution in [3.05, 3.63) is 82.9 Å². The number of hydrogen-bond acceptors (Lipinski definition) is 7. The van der Waals surface area contributed by atoms with Crippen molar-refractivity contribution in [3.63, 3.8) is 0 Å². The van der Waals surface area contributed by atoms with Crippen molar-refractivity contribution in [1.29, 1.82) is 0 Å². The average Bonchev–Trinajstić information content (AvgIpc) is 3.13. The van der Waals surface area contributed by atoms with E-state index in [9.17, 15) is 14.0 Å². The molecule has 0 aliphatic carbocycles. The fourth-order valence-corrected chi connectivity index (χ4v) is 3.33. The van der Waals surface area contributed by atoms with Gasteiger partial charge in [0.15, 0.2) is 17.3 Å². The molecule has 0 N–H and O–H groups in total. The van der Waals surface area contributed by atoms with Crippen LogP contribution < -0.4 is 23.7 Å². The molecular formula is C25H19FO7. The molecule has 3 aromatic rings. The number of halogens is 1. The molecule has 0 bridgehead atoms. The summed E-state index contributed by atoms with van der Waals surface area (Å²) < 4.78 is 40.7. The Hall–Kier alpha value is -4.33. The van der Waals surface area contributed by atoms with Crippen LogP contribution in [-0.2, 0) is 0 Å². The molecule has 0 amide bonds. The Bertz CT molecular complexity index is 1250. The predicted molar refractivity (Wildman–Crippen MR) is 117 cm³/mol. The van der Waals surface area contributed by atoms with Crippen molar-refractivity contribution in [3.8, 4) is 28.7 Å². The lowest BCUT2D eigenvalue weighted by Crippen LogP contribution is -2.09. The number of methoxy groups -OCH3 is 3. The number of benzene rings is 3. The number of Topliss-reactive ketones (excluding diaryl/α,β-unsaturated/α-hetero) is 1. The highest BCUT2D eigenvalue weighted by molar-refractivity contribution is 6.14. The van der Waals surface area contributed by atoms with E-state index in [0.29, 0.717) is 17.2 Å². The predicted octanol–water partition coefficient (Wildman–Crippen LogP) is 4.69. The van der Waals surface area contributed by atoms with E-state index in [0.717, 1.165) is 0 Å². The van der Waals surface area contributed by atoms with Crippen LogP contribution in [0.15, 0.2) is 60.4 Å². The highest BCUT2D eigenvalue weighted by Crippen LogP contribution is 2.39. The molecule has 1 aliphatic heterocycles. The van der Waals surface area contributed by atoms with Crippen LogP contribution in [0.1, 0.15) is 26.3 Å². The Morgan fingerprint density at radius 2 is 1.64 bits per heavy atom. The molecule has 168 valence electrons. The van der Waals surface area contributed by atoms with Crippen molar-refractivity contribution >= 4 is 17.8 Å². The fourth-order valence-electron chi connectivity index (χ4n) is 3.33. The molecule has 0 aromatic heterocycles. The summed E-state index contributed by atoms with van der Waals surface area (Å²) in [5.41, 5.74) is 0.676. The lowest BCUT2D eigenvalue weighted by atomic mass is 10.1. The van der Waals surface area contributed by atoms with Crippen molar-refractivity contribution in [2.45, 2.75) is 0 Å². The Labute approximate surface area is 188 Å². The van der Waals surface area contributed by atoms with Gasteiger partial charge in [0.1, 0.15) is 17.3 Å². The second-order valence-corrected chi connectivity index (χ2v) is 6.92. The highest BCUT2D eigenvalue weighted by Gasteiger charge is 2.28. The van der Waals surface area contributed by atoms with Crippen molar-refractivity contribution < 1.29 is 37.7 Å². The van der Waals surface area contributed by atoms with Gasteiger partial charge in [0.25, 0.3) is 0 Å². The van der Waals surface area contributed by atoms with E-state index in [1.54, 1.807) is 12.1 Å². The zero-order valence-corrected chi connectivity index (χ0v) is 18.0. The first-order chi connectivity index (χ1) is 15.9. The second kappa shape index (κ2) is 9.04. The number of carbonyl (C=O) groups is 2. The molecule has 33 heavy (non-hydrogen) atoms. The van der Waals surface area contributed by atoms with Crippen LogP contribution in [0.3, 0.4) is 0 Å². The molecule has 1 aliphatic rings. The number of allylic oxidation sites excluding steroid dienone is 1. The minimum atomic E-state index is -0.680. The summed E-state index contributed by atoms with van der Waals surface area (Å²) in [6.45, 7) is 0. The van der Waals surface area contributed by atoms with Crippen molar-refractivity contribution in [2.75, 3.05) is 21.3 Å². The number of ether oxygens (including phenoxy) is 5. The number of ketones is 1. The number of rotatable bonds is 6. The Kier molecular flexibility index (Phi) is 5.99. The Balaban J connectivity index is 1.58. The third-order valence-electron chi connectivity index (χ3n) is 4.94. The normalized spacial score (nSPS) is 13.3. The maximum absolute atomic E-state index is 13.9. The van der Waals surface area contributed by atoms with E-state index < -0.39 is 17.6 Å². The smallest absolute Gasteiger partial charge is 0.343 e. The maximum atomic E-state index is 13.9. The van der Waals surface area contributed by atoms with E-state index in [2.05, 4.69) is 0 Å².